The van der Waals surface area contributed by atoms with Crippen LogP contribution in [-0.4, -0.2) is 112 Å². The summed E-state index contributed by atoms with van der Waals surface area (Å²) in [6.07, 6.45) is -0.254. The molecule has 0 aliphatic heterocycles. The molecule has 15 heteroatoms. The Hall–Kier alpha value is -3.30. The van der Waals surface area contributed by atoms with Crippen molar-refractivity contribution in [2.45, 2.75) is 54.1 Å². The molecule has 0 aliphatic rings. The van der Waals surface area contributed by atoms with E-state index in [-0.39, 0.29) is 44.3 Å². The van der Waals surface area contributed by atoms with Crippen molar-refractivity contribution < 1.29 is 72.5 Å². The van der Waals surface area contributed by atoms with Crippen molar-refractivity contribution in [3.8, 4) is 0 Å². The molecule has 0 amide bonds. The van der Waals surface area contributed by atoms with Crippen LogP contribution < -0.4 is 0 Å². The third-order valence-electron chi connectivity index (χ3n) is 2.46. The average Bonchev–Trinajstić information content (AvgIpc) is 2.83. The van der Waals surface area contributed by atoms with Gasteiger partial charge in [0.2, 0.25) is 0 Å². The monoisotopic (exact) mass is 548 g/mol. The summed E-state index contributed by atoms with van der Waals surface area (Å²) in [6, 6.07) is 0. The van der Waals surface area contributed by atoms with Crippen molar-refractivity contribution in [2.75, 3.05) is 54.9 Å². The zero-order valence-corrected chi connectivity index (χ0v) is 23.4. The maximum atomic E-state index is 10.6. The van der Waals surface area contributed by atoms with Crippen molar-refractivity contribution in [2.24, 2.45) is 0 Å². The molecule has 0 saturated carbocycles. The molecule has 0 aromatic heterocycles. The van der Waals surface area contributed by atoms with Gasteiger partial charge in [0, 0.05) is 61.9 Å². The van der Waals surface area contributed by atoms with Gasteiger partial charge in [0.1, 0.15) is 13.2 Å². The number of ether oxygens (including phenoxy) is 6. The first-order valence-electron chi connectivity index (χ1n) is 10.4. The molecule has 222 valence electrons. The normalized spacial score (nSPS) is 7.95. The van der Waals surface area contributed by atoms with Gasteiger partial charge in [-0.1, -0.05) is 0 Å². The molecule has 0 unspecified atom stereocenters. The fourth-order valence-electron chi connectivity index (χ4n) is 0.842. The smallest absolute Gasteiger partial charge is 0.303 e. The second-order valence-corrected chi connectivity index (χ2v) is 5.72. The molecule has 0 spiro atoms. The zero-order valence-electron chi connectivity index (χ0n) is 23.4. The van der Waals surface area contributed by atoms with Gasteiger partial charge in [0.15, 0.2) is 6.10 Å². The van der Waals surface area contributed by atoms with Gasteiger partial charge in [-0.15, -0.1) is 0 Å². The first-order valence-corrected chi connectivity index (χ1v) is 10.4. The van der Waals surface area contributed by atoms with E-state index in [9.17, 15) is 28.8 Å². The second-order valence-electron chi connectivity index (χ2n) is 5.72. The lowest BCUT2D eigenvalue weighted by Crippen LogP contribution is -2.29. The molecule has 0 heterocycles. The highest BCUT2D eigenvalue weighted by Gasteiger charge is 2.15. The molecule has 0 saturated heterocycles. The summed E-state index contributed by atoms with van der Waals surface area (Å²) in [4.78, 5) is 60.4. The molecule has 0 aromatic rings. The number of hydrogen-bond acceptors (Lipinski definition) is 15. The van der Waals surface area contributed by atoms with Gasteiger partial charge in [-0.2, -0.15) is 0 Å². The van der Waals surface area contributed by atoms with Crippen LogP contribution in [0.25, 0.3) is 0 Å². The van der Waals surface area contributed by atoms with Gasteiger partial charge < -0.3 is 43.7 Å². The maximum absolute atomic E-state index is 10.6. The minimum Gasteiger partial charge on any atom is -0.469 e. The standard InChI is InChI=1S/C9H14O6.3C3H6O2.C3H8O2.CH4O/c1-6(10)13-4-9(15-8(3)12)5-14-7(2)11;3*1-3(4)5-2;4-2-1-3-5;1-2/h9H,4-5H2,1-3H3;3*1-2H3;4-5H,1-3H2;2H,1H3. The molecule has 0 rings (SSSR count). The molecule has 0 aliphatic carbocycles. The van der Waals surface area contributed by atoms with E-state index in [1.165, 1.54) is 62.9 Å². The van der Waals surface area contributed by atoms with E-state index >= 15 is 0 Å². The molecule has 37 heavy (non-hydrogen) atoms. The van der Waals surface area contributed by atoms with Gasteiger partial charge in [-0.05, 0) is 6.42 Å². The lowest BCUT2D eigenvalue weighted by atomic mass is 10.4. The number of esters is 6. The first-order chi connectivity index (χ1) is 17.1. The van der Waals surface area contributed by atoms with Gasteiger partial charge in [0.05, 0.1) is 21.3 Å². The molecule has 0 fully saturated rings. The minimum absolute atomic E-state index is 0.0938. The fraction of sp³-hybridized carbons (Fsp3) is 0.727. The Morgan fingerprint density at radius 3 is 0.892 bits per heavy atom. The van der Waals surface area contributed by atoms with Crippen molar-refractivity contribution in [3.05, 3.63) is 0 Å². The summed E-state index contributed by atoms with van der Waals surface area (Å²) >= 11 is 0. The number of aliphatic hydroxyl groups is 3. The lowest BCUT2D eigenvalue weighted by molar-refractivity contribution is -0.163. The van der Waals surface area contributed by atoms with Crippen LogP contribution >= 0.6 is 0 Å². The van der Waals surface area contributed by atoms with Gasteiger partial charge in [-0.3, -0.25) is 28.8 Å². The van der Waals surface area contributed by atoms with Crippen molar-refractivity contribution in [1.82, 2.24) is 0 Å². The maximum Gasteiger partial charge on any atom is 0.303 e. The largest absolute Gasteiger partial charge is 0.469 e. The van der Waals surface area contributed by atoms with E-state index < -0.39 is 24.0 Å². The third-order valence-corrected chi connectivity index (χ3v) is 2.46. The number of methoxy groups -OCH3 is 3. The molecule has 0 radical (unpaired) electrons. The molecule has 15 nitrogen and oxygen atoms in total. The fourth-order valence-corrected chi connectivity index (χ4v) is 0.842. The Balaban J connectivity index is -0.0000000903. The molecule has 0 bridgehead atoms. The topological polar surface area (TPSA) is 218 Å². The summed E-state index contributed by atoms with van der Waals surface area (Å²) in [6.45, 7) is 7.71. The summed E-state index contributed by atoms with van der Waals surface area (Å²) in [7, 11) is 5.05. The summed E-state index contributed by atoms with van der Waals surface area (Å²) in [5.41, 5.74) is 0. The van der Waals surface area contributed by atoms with Crippen molar-refractivity contribution in [3.63, 3.8) is 0 Å². The highest BCUT2D eigenvalue weighted by molar-refractivity contribution is 5.68. The number of carbonyl (C=O) groups is 6. The predicted molar refractivity (Wildman–Crippen MR) is 129 cm³/mol. The van der Waals surface area contributed by atoms with Crippen LogP contribution in [0, 0.1) is 0 Å². The van der Waals surface area contributed by atoms with Crippen LogP contribution in [0.2, 0.25) is 0 Å². The molecule has 0 atom stereocenters. The van der Waals surface area contributed by atoms with Gasteiger partial charge in [0.25, 0.3) is 0 Å². The van der Waals surface area contributed by atoms with Crippen LogP contribution in [0.1, 0.15) is 48.0 Å². The summed E-state index contributed by atoms with van der Waals surface area (Å²) in [5, 5.41) is 22.8. The Morgan fingerprint density at radius 2 is 0.784 bits per heavy atom. The van der Waals surface area contributed by atoms with Crippen molar-refractivity contribution in [1.29, 1.82) is 0 Å². The minimum atomic E-state index is -0.754. The van der Waals surface area contributed by atoms with Gasteiger partial charge >= 0.3 is 35.8 Å². The highest BCUT2D eigenvalue weighted by atomic mass is 16.6. The quantitative estimate of drug-likeness (QED) is 0.271. The average molecular weight is 549 g/mol. The van der Waals surface area contributed by atoms with E-state index in [1.807, 2.05) is 0 Å². The number of rotatable bonds is 7. The third kappa shape index (κ3) is 88.1. The van der Waals surface area contributed by atoms with E-state index in [2.05, 4.69) is 23.7 Å². The number of carbonyl (C=O) groups excluding carboxylic acids is 6. The second kappa shape index (κ2) is 39.9. The van der Waals surface area contributed by atoms with Crippen LogP contribution in [0.15, 0.2) is 0 Å². The van der Waals surface area contributed by atoms with Crippen LogP contribution in [0.4, 0.5) is 0 Å². The van der Waals surface area contributed by atoms with Crippen LogP contribution in [0.3, 0.4) is 0 Å². The Morgan fingerprint density at radius 1 is 0.541 bits per heavy atom. The molecular weight excluding hydrogens is 504 g/mol. The number of aliphatic hydroxyl groups excluding tert-OH is 3. The number of hydrogen-bond donors (Lipinski definition) is 3. The lowest BCUT2D eigenvalue weighted by Gasteiger charge is -2.15. The van der Waals surface area contributed by atoms with Crippen molar-refractivity contribution >= 4 is 35.8 Å². The molecule has 0 aromatic carbocycles. The van der Waals surface area contributed by atoms with E-state index in [1.54, 1.807) is 0 Å². The van der Waals surface area contributed by atoms with Gasteiger partial charge in [-0.25, -0.2) is 0 Å². The first kappa shape index (κ1) is 47.0. The predicted octanol–water partition coefficient (Wildman–Crippen LogP) is -0.448. The summed E-state index contributed by atoms with van der Waals surface area (Å²) < 4.78 is 26.4. The highest BCUT2D eigenvalue weighted by Crippen LogP contribution is 1.97. The van der Waals surface area contributed by atoms with Crippen LogP contribution in [0.5, 0.6) is 0 Å². The Kier molecular flexibility index (Phi) is 50.6. The van der Waals surface area contributed by atoms with E-state index in [0.29, 0.717) is 6.42 Å². The van der Waals surface area contributed by atoms with Crippen LogP contribution in [-0.2, 0) is 57.2 Å². The molecule has 3 N–H and O–H groups in total. The van der Waals surface area contributed by atoms with E-state index in [4.69, 9.17) is 20.1 Å². The Bertz CT molecular complexity index is 523. The zero-order chi connectivity index (χ0) is 30.8. The molecular formula is C22H44O15. The Labute approximate surface area is 217 Å². The van der Waals surface area contributed by atoms with E-state index in [0.717, 1.165) is 7.11 Å². The SMILES string of the molecule is CC(=O)OCC(COC(C)=O)OC(C)=O.CO.COC(C)=O.COC(C)=O.COC(C)=O.OCCCO. The summed E-state index contributed by atoms with van der Waals surface area (Å²) in [5.74, 6) is -2.25.